The molecular weight excluding hydrogens is 394 g/mol. The van der Waals surface area contributed by atoms with Gasteiger partial charge in [-0.2, -0.15) is 0 Å². The van der Waals surface area contributed by atoms with Crippen molar-refractivity contribution in [3.63, 3.8) is 0 Å². The normalized spacial score (nSPS) is 10.5. The van der Waals surface area contributed by atoms with E-state index >= 15 is 0 Å². The maximum atomic E-state index is 6.27. The standard InChI is InChI=1S/C26H28ClNO2/c1-4-8-21-15-20(17-28-23-13-11-19(5-2)12-14-23)16-25(29-3)26(21)30-18-22-9-6-7-10-24(22)27/h4,6-7,9-16,28H,1,5,8,17-18H2,2-3H3. The maximum Gasteiger partial charge on any atom is 0.165 e. The smallest absolute Gasteiger partial charge is 0.165 e. The third kappa shape index (κ3) is 5.58. The first-order valence-corrected chi connectivity index (χ1v) is 10.5. The highest BCUT2D eigenvalue weighted by atomic mass is 35.5. The molecule has 0 spiro atoms. The predicted molar refractivity (Wildman–Crippen MR) is 126 cm³/mol. The second-order valence-corrected chi connectivity index (χ2v) is 7.47. The molecular formula is C26H28ClNO2. The number of rotatable bonds is 10. The molecule has 1 N–H and O–H groups in total. The summed E-state index contributed by atoms with van der Waals surface area (Å²) < 4.78 is 11.8. The lowest BCUT2D eigenvalue weighted by molar-refractivity contribution is 0.282. The van der Waals surface area contributed by atoms with E-state index in [9.17, 15) is 0 Å². The van der Waals surface area contributed by atoms with E-state index < -0.39 is 0 Å². The van der Waals surface area contributed by atoms with Crippen molar-refractivity contribution >= 4 is 17.3 Å². The molecule has 0 aliphatic heterocycles. The van der Waals surface area contributed by atoms with Gasteiger partial charge in [-0.3, -0.25) is 0 Å². The van der Waals surface area contributed by atoms with E-state index in [1.807, 2.05) is 36.4 Å². The van der Waals surface area contributed by atoms with Crippen molar-refractivity contribution in [1.29, 1.82) is 0 Å². The molecule has 0 bridgehead atoms. The Kier molecular flexibility index (Phi) is 7.81. The summed E-state index contributed by atoms with van der Waals surface area (Å²) >= 11 is 6.27. The highest BCUT2D eigenvalue weighted by Gasteiger charge is 2.14. The summed E-state index contributed by atoms with van der Waals surface area (Å²) in [5.41, 5.74) is 5.51. The molecule has 3 rings (SSSR count). The Hall–Kier alpha value is -2.91. The van der Waals surface area contributed by atoms with E-state index in [1.165, 1.54) is 5.56 Å². The number of ether oxygens (including phenoxy) is 2. The van der Waals surface area contributed by atoms with Crippen LogP contribution in [0.4, 0.5) is 5.69 Å². The molecule has 0 unspecified atom stereocenters. The SMILES string of the molecule is C=CCc1cc(CNc2ccc(CC)cc2)cc(OC)c1OCc1ccccc1Cl. The molecule has 0 aliphatic carbocycles. The Morgan fingerprint density at radius 2 is 1.77 bits per heavy atom. The Morgan fingerprint density at radius 1 is 1.00 bits per heavy atom. The van der Waals surface area contributed by atoms with Gasteiger partial charge in [-0.15, -0.1) is 6.58 Å². The largest absolute Gasteiger partial charge is 0.493 e. The van der Waals surface area contributed by atoms with Crippen molar-refractivity contribution in [2.45, 2.75) is 32.9 Å². The fraction of sp³-hybridized carbons (Fsp3) is 0.231. The van der Waals surface area contributed by atoms with E-state index in [2.05, 4.69) is 49.2 Å². The van der Waals surface area contributed by atoms with Crippen molar-refractivity contribution in [3.05, 3.63) is 101 Å². The van der Waals surface area contributed by atoms with Crippen LogP contribution in [0, 0.1) is 0 Å². The van der Waals surface area contributed by atoms with Crippen LogP contribution in [0.2, 0.25) is 5.02 Å². The summed E-state index contributed by atoms with van der Waals surface area (Å²) in [6.07, 6.45) is 3.60. The lowest BCUT2D eigenvalue weighted by Gasteiger charge is -2.17. The summed E-state index contributed by atoms with van der Waals surface area (Å²) in [7, 11) is 1.66. The molecule has 3 aromatic carbocycles. The van der Waals surface area contributed by atoms with Gasteiger partial charge in [0.1, 0.15) is 6.61 Å². The van der Waals surface area contributed by atoms with Crippen LogP contribution in [-0.2, 0) is 26.0 Å². The van der Waals surface area contributed by atoms with Crippen LogP contribution in [0.15, 0.2) is 73.3 Å². The number of allylic oxidation sites excluding steroid dienone is 1. The Balaban J connectivity index is 1.79. The zero-order valence-electron chi connectivity index (χ0n) is 17.6. The maximum absolute atomic E-state index is 6.27. The zero-order valence-corrected chi connectivity index (χ0v) is 18.3. The number of halogens is 1. The van der Waals surface area contributed by atoms with Crippen LogP contribution in [0.1, 0.15) is 29.2 Å². The molecule has 0 saturated heterocycles. The van der Waals surface area contributed by atoms with E-state index in [-0.39, 0.29) is 0 Å². The molecule has 3 aromatic rings. The van der Waals surface area contributed by atoms with Crippen molar-refractivity contribution in [3.8, 4) is 11.5 Å². The molecule has 156 valence electrons. The second kappa shape index (κ2) is 10.7. The van der Waals surface area contributed by atoms with Crippen LogP contribution in [0.3, 0.4) is 0 Å². The van der Waals surface area contributed by atoms with Crippen LogP contribution < -0.4 is 14.8 Å². The monoisotopic (exact) mass is 421 g/mol. The molecule has 0 aromatic heterocycles. The summed E-state index contributed by atoms with van der Waals surface area (Å²) in [6.45, 7) is 7.12. The van der Waals surface area contributed by atoms with Crippen LogP contribution >= 0.6 is 11.6 Å². The highest BCUT2D eigenvalue weighted by Crippen LogP contribution is 2.35. The number of hydrogen-bond acceptors (Lipinski definition) is 3. The number of aryl methyl sites for hydroxylation is 1. The number of methoxy groups -OCH3 is 1. The van der Waals surface area contributed by atoms with Gasteiger partial charge in [0, 0.05) is 28.4 Å². The van der Waals surface area contributed by atoms with Gasteiger partial charge in [0.25, 0.3) is 0 Å². The van der Waals surface area contributed by atoms with E-state index in [0.29, 0.717) is 30.3 Å². The molecule has 0 heterocycles. The molecule has 0 atom stereocenters. The van der Waals surface area contributed by atoms with Crippen LogP contribution in [-0.4, -0.2) is 7.11 Å². The molecule has 0 amide bonds. The third-order valence-corrected chi connectivity index (χ3v) is 5.33. The fourth-order valence-corrected chi connectivity index (χ4v) is 3.47. The minimum absolute atomic E-state index is 0.377. The van der Waals surface area contributed by atoms with Gasteiger partial charge >= 0.3 is 0 Å². The molecule has 30 heavy (non-hydrogen) atoms. The quantitative estimate of drug-likeness (QED) is 0.364. The third-order valence-electron chi connectivity index (χ3n) is 4.96. The van der Waals surface area contributed by atoms with Gasteiger partial charge in [-0.1, -0.05) is 54.9 Å². The molecule has 0 fully saturated rings. The Morgan fingerprint density at radius 3 is 2.43 bits per heavy atom. The topological polar surface area (TPSA) is 30.5 Å². The minimum Gasteiger partial charge on any atom is -0.493 e. The lowest BCUT2D eigenvalue weighted by Crippen LogP contribution is -2.05. The summed E-state index contributed by atoms with van der Waals surface area (Å²) in [5, 5.41) is 4.17. The summed E-state index contributed by atoms with van der Waals surface area (Å²) in [6, 6.07) is 20.4. The fourth-order valence-electron chi connectivity index (χ4n) is 3.28. The van der Waals surface area contributed by atoms with Gasteiger partial charge in [-0.05, 0) is 54.3 Å². The molecule has 0 aliphatic rings. The van der Waals surface area contributed by atoms with Gasteiger partial charge < -0.3 is 14.8 Å². The first-order valence-electron chi connectivity index (χ1n) is 10.1. The van der Waals surface area contributed by atoms with Crippen LogP contribution in [0.5, 0.6) is 11.5 Å². The predicted octanol–water partition coefficient (Wildman–Crippen LogP) is 6.83. The first kappa shape index (κ1) is 21.8. The molecule has 3 nitrogen and oxygen atoms in total. The lowest BCUT2D eigenvalue weighted by atomic mass is 10.0. The average molecular weight is 422 g/mol. The van der Waals surface area contributed by atoms with Gasteiger partial charge in [0.2, 0.25) is 0 Å². The molecule has 0 saturated carbocycles. The minimum atomic E-state index is 0.377. The van der Waals surface area contributed by atoms with Crippen molar-refractivity contribution in [1.82, 2.24) is 0 Å². The number of hydrogen-bond donors (Lipinski definition) is 1. The zero-order chi connectivity index (χ0) is 21.3. The van der Waals surface area contributed by atoms with Gasteiger partial charge in [-0.25, -0.2) is 0 Å². The van der Waals surface area contributed by atoms with Gasteiger partial charge in [0.15, 0.2) is 11.5 Å². The molecule has 4 heteroatoms. The summed E-state index contributed by atoms with van der Waals surface area (Å²) in [5.74, 6) is 1.44. The Labute approximate surface area is 184 Å². The highest BCUT2D eigenvalue weighted by molar-refractivity contribution is 6.31. The van der Waals surface area contributed by atoms with E-state index in [1.54, 1.807) is 7.11 Å². The van der Waals surface area contributed by atoms with Crippen molar-refractivity contribution in [2.24, 2.45) is 0 Å². The average Bonchev–Trinajstić information content (AvgIpc) is 2.78. The van der Waals surface area contributed by atoms with E-state index in [0.717, 1.165) is 34.5 Å². The first-order chi connectivity index (χ1) is 14.6. The summed E-state index contributed by atoms with van der Waals surface area (Å²) in [4.78, 5) is 0. The van der Waals surface area contributed by atoms with Crippen molar-refractivity contribution < 1.29 is 9.47 Å². The van der Waals surface area contributed by atoms with E-state index in [4.69, 9.17) is 21.1 Å². The Bertz CT molecular complexity index is 983. The molecule has 0 radical (unpaired) electrons. The second-order valence-electron chi connectivity index (χ2n) is 7.06. The van der Waals surface area contributed by atoms with Crippen LogP contribution in [0.25, 0.3) is 0 Å². The number of anilines is 1. The van der Waals surface area contributed by atoms with Gasteiger partial charge in [0.05, 0.1) is 7.11 Å². The number of benzene rings is 3. The number of nitrogens with one attached hydrogen (secondary N) is 1. The van der Waals surface area contributed by atoms with Crippen molar-refractivity contribution in [2.75, 3.05) is 12.4 Å².